The van der Waals surface area contributed by atoms with Crippen molar-refractivity contribution in [1.29, 1.82) is 0 Å². The van der Waals surface area contributed by atoms with Crippen LogP contribution in [0.5, 0.6) is 5.75 Å². The Kier molecular flexibility index (Phi) is 5.62. The van der Waals surface area contributed by atoms with Crippen LogP contribution in [0.1, 0.15) is 20.3 Å². The van der Waals surface area contributed by atoms with E-state index in [0.717, 1.165) is 11.8 Å². The maximum atomic E-state index is 11.0. The number of carbonyl (C=O) groups is 1. The number of carboxylic acid groups (broad SMARTS) is 1. The van der Waals surface area contributed by atoms with Crippen molar-refractivity contribution >= 4 is 23.4 Å². The number of hydrogen-bond donors (Lipinski definition) is 1. The molecule has 0 spiro atoms. The summed E-state index contributed by atoms with van der Waals surface area (Å²) in [5.74, 6) is -0.735. The summed E-state index contributed by atoms with van der Waals surface area (Å²) in [7, 11) is 0. The summed E-state index contributed by atoms with van der Waals surface area (Å²) in [6.45, 7) is 3.82. The molecular formula is C12H15NO5S. The fourth-order valence-corrected chi connectivity index (χ4v) is 2.38. The summed E-state index contributed by atoms with van der Waals surface area (Å²) in [4.78, 5) is 21.9. The number of nitro groups is 1. The first-order valence-electron chi connectivity index (χ1n) is 5.80. The number of ether oxygens (including phenoxy) is 1. The van der Waals surface area contributed by atoms with Crippen LogP contribution in [-0.4, -0.2) is 27.9 Å². The summed E-state index contributed by atoms with van der Waals surface area (Å²) < 4.78 is 5.21. The van der Waals surface area contributed by atoms with Gasteiger partial charge in [0.05, 0.1) is 11.5 Å². The van der Waals surface area contributed by atoms with E-state index in [1.54, 1.807) is 13.8 Å². The highest BCUT2D eigenvalue weighted by Gasteiger charge is 2.20. The highest BCUT2D eigenvalue weighted by Crippen LogP contribution is 2.34. The van der Waals surface area contributed by atoms with Gasteiger partial charge in [-0.15, -0.1) is 11.8 Å². The highest BCUT2D eigenvalue weighted by atomic mass is 32.2. The number of nitrogens with zero attached hydrogens (tertiary/aromatic N) is 1. The third kappa shape index (κ3) is 4.13. The maximum absolute atomic E-state index is 11.0. The van der Waals surface area contributed by atoms with Crippen LogP contribution in [0, 0.1) is 10.1 Å². The average molecular weight is 285 g/mol. The van der Waals surface area contributed by atoms with E-state index in [1.165, 1.54) is 18.2 Å². The second kappa shape index (κ2) is 6.98. The highest BCUT2D eigenvalue weighted by molar-refractivity contribution is 8.00. The average Bonchev–Trinajstić information content (AvgIpc) is 2.35. The number of hydrogen-bond acceptors (Lipinski definition) is 5. The molecule has 1 rings (SSSR count). The first-order chi connectivity index (χ1) is 8.99. The topological polar surface area (TPSA) is 89.7 Å². The number of nitro benzene ring substituents is 1. The molecule has 7 heteroatoms. The first-order valence-corrected chi connectivity index (χ1v) is 6.68. The Balaban J connectivity index is 3.00. The molecule has 19 heavy (non-hydrogen) atoms. The Bertz CT molecular complexity index is 477. The van der Waals surface area contributed by atoms with Gasteiger partial charge in [0.1, 0.15) is 5.25 Å². The van der Waals surface area contributed by atoms with Crippen LogP contribution in [0.15, 0.2) is 23.1 Å². The van der Waals surface area contributed by atoms with Crippen LogP contribution in [0.25, 0.3) is 0 Å². The zero-order chi connectivity index (χ0) is 14.4. The molecule has 0 saturated carbocycles. The summed E-state index contributed by atoms with van der Waals surface area (Å²) in [6, 6.07) is 4.39. The Hall–Kier alpha value is -1.76. The van der Waals surface area contributed by atoms with Crippen LogP contribution in [-0.2, 0) is 4.79 Å². The molecule has 6 nitrogen and oxygen atoms in total. The standard InChI is InChI=1S/C12H15NO5S/c1-3-11(12(14)15)19-8-5-6-9(13(16)17)10(7-8)18-4-2/h5-7,11H,3-4H2,1-2H3,(H,14,15). The van der Waals surface area contributed by atoms with E-state index in [4.69, 9.17) is 9.84 Å². The molecule has 1 atom stereocenters. The van der Waals surface area contributed by atoms with E-state index in [9.17, 15) is 14.9 Å². The summed E-state index contributed by atoms with van der Waals surface area (Å²) in [5, 5.41) is 19.2. The van der Waals surface area contributed by atoms with Crippen molar-refractivity contribution < 1.29 is 19.6 Å². The molecule has 0 heterocycles. The van der Waals surface area contributed by atoms with Crippen molar-refractivity contribution in [2.24, 2.45) is 0 Å². The zero-order valence-electron chi connectivity index (χ0n) is 10.7. The minimum Gasteiger partial charge on any atom is -0.487 e. The Labute approximate surface area is 114 Å². The maximum Gasteiger partial charge on any atom is 0.316 e. The second-order valence-corrected chi connectivity index (χ2v) is 4.95. The molecule has 0 bridgehead atoms. The fourth-order valence-electron chi connectivity index (χ4n) is 1.46. The van der Waals surface area contributed by atoms with Gasteiger partial charge in [-0.1, -0.05) is 6.92 Å². The molecule has 1 aromatic rings. The smallest absolute Gasteiger partial charge is 0.316 e. The zero-order valence-corrected chi connectivity index (χ0v) is 11.5. The molecule has 0 aromatic heterocycles. The second-order valence-electron chi connectivity index (χ2n) is 3.67. The third-order valence-corrected chi connectivity index (χ3v) is 3.70. The molecule has 0 aliphatic rings. The van der Waals surface area contributed by atoms with E-state index in [2.05, 4.69) is 0 Å². The van der Waals surface area contributed by atoms with Crippen LogP contribution in [0.3, 0.4) is 0 Å². The lowest BCUT2D eigenvalue weighted by atomic mass is 10.3. The largest absolute Gasteiger partial charge is 0.487 e. The van der Waals surface area contributed by atoms with Gasteiger partial charge in [-0.3, -0.25) is 14.9 Å². The number of carboxylic acids is 1. The van der Waals surface area contributed by atoms with Crippen LogP contribution in [0.4, 0.5) is 5.69 Å². The predicted octanol–water partition coefficient (Wildman–Crippen LogP) is 2.95. The van der Waals surface area contributed by atoms with Gasteiger partial charge in [0.25, 0.3) is 0 Å². The quantitative estimate of drug-likeness (QED) is 0.470. The van der Waals surface area contributed by atoms with Gasteiger partial charge in [0, 0.05) is 17.0 Å². The van der Waals surface area contributed by atoms with Crippen molar-refractivity contribution in [3.8, 4) is 5.75 Å². The molecule has 0 aliphatic heterocycles. The molecule has 0 fully saturated rings. The Morgan fingerprint density at radius 3 is 2.68 bits per heavy atom. The normalized spacial score (nSPS) is 11.9. The van der Waals surface area contributed by atoms with Gasteiger partial charge in [-0.05, 0) is 19.4 Å². The number of aliphatic carboxylic acids is 1. The molecule has 0 aliphatic carbocycles. The first kappa shape index (κ1) is 15.3. The van der Waals surface area contributed by atoms with Gasteiger partial charge in [-0.2, -0.15) is 0 Å². The minimum absolute atomic E-state index is 0.116. The summed E-state index contributed by atoms with van der Waals surface area (Å²) in [6.07, 6.45) is 0.473. The van der Waals surface area contributed by atoms with E-state index >= 15 is 0 Å². The molecule has 0 amide bonds. The summed E-state index contributed by atoms with van der Waals surface area (Å²) >= 11 is 1.16. The SMILES string of the molecule is CCOc1cc(SC(CC)C(=O)O)ccc1[N+](=O)[O-]. The fraction of sp³-hybridized carbons (Fsp3) is 0.417. The van der Waals surface area contributed by atoms with Gasteiger partial charge in [-0.25, -0.2) is 0 Å². The van der Waals surface area contributed by atoms with Gasteiger partial charge in [0.2, 0.25) is 0 Å². The van der Waals surface area contributed by atoms with E-state index in [0.29, 0.717) is 17.9 Å². The van der Waals surface area contributed by atoms with Crippen LogP contribution in [0.2, 0.25) is 0 Å². The van der Waals surface area contributed by atoms with Crippen molar-refractivity contribution in [3.05, 3.63) is 28.3 Å². The summed E-state index contributed by atoms with van der Waals surface area (Å²) in [5.41, 5.74) is -0.116. The molecule has 1 unspecified atom stereocenters. The number of rotatable bonds is 7. The Morgan fingerprint density at radius 2 is 2.21 bits per heavy atom. The van der Waals surface area contributed by atoms with Gasteiger partial charge in [0.15, 0.2) is 5.75 Å². The number of thioether (sulfide) groups is 1. The lowest BCUT2D eigenvalue weighted by Gasteiger charge is -2.11. The molecular weight excluding hydrogens is 270 g/mol. The third-order valence-electron chi connectivity index (χ3n) is 2.35. The van der Waals surface area contributed by atoms with Crippen molar-refractivity contribution in [3.63, 3.8) is 0 Å². The number of benzene rings is 1. The van der Waals surface area contributed by atoms with Crippen molar-refractivity contribution in [2.75, 3.05) is 6.61 Å². The van der Waals surface area contributed by atoms with Crippen molar-refractivity contribution in [1.82, 2.24) is 0 Å². The van der Waals surface area contributed by atoms with E-state index in [1.807, 2.05) is 0 Å². The molecule has 104 valence electrons. The van der Waals surface area contributed by atoms with Crippen molar-refractivity contribution in [2.45, 2.75) is 30.4 Å². The predicted molar refractivity (Wildman–Crippen MR) is 71.8 cm³/mol. The van der Waals surface area contributed by atoms with E-state index in [-0.39, 0.29) is 11.4 Å². The Morgan fingerprint density at radius 1 is 1.53 bits per heavy atom. The van der Waals surface area contributed by atoms with Crippen LogP contribution >= 0.6 is 11.8 Å². The van der Waals surface area contributed by atoms with Gasteiger partial charge < -0.3 is 9.84 Å². The molecule has 1 aromatic carbocycles. The lowest BCUT2D eigenvalue weighted by Crippen LogP contribution is -2.14. The molecule has 1 N–H and O–H groups in total. The van der Waals surface area contributed by atoms with Gasteiger partial charge >= 0.3 is 11.7 Å². The monoisotopic (exact) mass is 285 g/mol. The molecule has 0 radical (unpaired) electrons. The lowest BCUT2D eigenvalue weighted by molar-refractivity contribution is -0.385. The van der Waals surface area contributed by atoms with E-state index < -0.39 is 16.1 Å². The van der Waals surface area contributed by atoms with Crippen LogP contribution < -0.4 is 4.74 Å². The molecule has 0 saturated heterocycles. The minimum atomic E-state index is -0.899.